The van der Waals surface area contributed by atoms with Gasteiger partial charge < -0.3 is 14.6 Å². The van der Waals surface area contributed by atoms with Gasteiger partial charge in [-0.05, 0) is 12.3 Å². The molecule has 1 rings (SSSR count). The first-order valence-electron chi connectivity index (χ1n) is 5.11. The van der Waals surface area contributed by atoms with Gasteiger partial charge in [-0.1, -0.05) is 20.8 Å². The van der Waals surface area contributed by atoms with E-state index in [9.17, 15) is 9.90 Å². The van der Waals surface area contributed by atoms with E-state index in [0.717, 1.165) is 0 Å². The topological polar surface area (TPSA) is 55.8 Å². The molecule has 1 heterocycles. The van der Waals surface area contributed by atoms with Crippen molar-refractivity contribution in [1.29, 1.82) is 0 Å². The molecule has 0 spiro atoms. The van der Waals surface area contributed by atoms with E-state index in [1.54, 1.807) is 20.8 Å². The number of hydrogen-bond donors (Lipinski definition) is 1. The zero-order valence-corrected chi connectivity index (χ0v) is 10.2. The number of rotatable bonds is 1. The van der Waals surface area contributed by atoms with Gasteiger partial charge in [-0.15, -0.1) is 0 Å². The van der Waals surface area contributed by atoms with Gasteiger partial charge in [0, 0.05) is 13.8 Å². The molecular weight excluding hydrogens is 196 g/mol. The molecule has 0 aromatic rings. The Morgan fingerprint density at radius 1 is 1.27 bits per heavy atom. The van der Waals surface area contributed by atoms with Gasteiger partial charge in [0.05, 0.1) is 6.10 Å². The molecule has 1 aliphatic heterocycles. The van der Waals surface area contributed by atoms with Crippen molar-refractivity contribution < 1.29 is 19.4 Å². The molecule has 0 saturated carbocycles. The van der Waals surface area contributed by atoms with Crippen LogP contribution in [0, 0.1) is 5.41 Å². The van der Waals surface area contributed by atoms with Gasteiger partial charge in [0.1, 0.15) is 0 Å². The van der Waals surface area contributed by atoms with Gasteiger partial charge >= 0.3 is 5.97 Å². The zero-order chi connectivity index (χ0) is 12.1. The predicted octanol–water partition coefficient (Wildman–Crippen LogP) is 1.46. The molecule has 0 aliphatic carbocycles. The maximum Gasteiger partial charge on any atom is 0.343 e. The lowest BCUT2D eigenvalue weighted by Gasteiger charge is -2.35. The van der Waals surface area contributed by atoms with Crippen molar-refractivity contribution in [3.63, 3.8) is 0 Å². The first-order chi connectivity index (χ1) is 6.49. The first kappa shape index (κ1) is 12.5. The maximum atomic E-state index is 11.7. The van der Waals surface area contributed by atoms with Crippen LogP contribution < -0.4 is 0 Å². The summed E-state index contributed by atoms with van der Waals surface area (Å²) in [5.41, 5.74) is -1.71. The van der Waals surface area contributed by atoms with Gasteiger partial charge in [0.15, 0.2) is 5.60 Å². The number of hydrogen-bond acceptors (Lipinski definition) is 4. The number of cyclic esters (lactones) is 1. The summed E-state index contributed by atoms with van der Waals surface area (Å²) in [6.45, 7) is 10.4. The van der Waals surface area contributed by atoms with E-state index >= 15 is 0 Å². The molecule has 2 atom stereocenters. The van der Waals surface area contributed by atoms with Crippen molar-refractivity contribution >= 4 is 5.97 Å². The summed E-state index contributed by atoms with van der Waals surface area (Å²) in [5.74, 6) is -1.46. The normalized spacial score (nSPS) is 32.6. The average molecular weight is 216 g/mol. The molecule has 0 radical (unpaired) electrons. The summed E-state index contributed by atoms with van der Waals surface area (Å²) < 4.78 is 10.6. The third-order valence-electron chi connectivity index (χ3n) is 2.54. The summed E-state index contributed by atoms with van der Waals surface area (Å²) in [7, 11) is 0. The number of esters is 1. The van der Waals surface area contributed by atoms with E-state index in [0.29, 0.717) is 0 Å². The summed E-state index contributed by atoms with van der Waals surface area (Å²) in [4.78, 5) is 11.7. The van der Waals surface area contributed by atoms with Crippen molar-refractivity contribution in [3.05, 3.63) is 0 Å². The van der Waals surface area contributed by atoms with Crippen LogP contribution in [0.5, 0.6) is 0 Å². The summed E-state index contributed by atoms with van der Waals surface area (Å²) in [6.07, 6.45) is -0.903. The molecule has 1 fully saturated rings. The molecule has 88 valence electrons. The molecule has 1 saturated heterocycles. The zero-order valence-electron chi connectivity index (χ0n) is 10.2. The van der Waals surface area contributed by atoms with Gasteiger partial charge in [-0.2, -0.15) is 0 Å². The van der Waals surface area contributed by atoms with Crippen LogP contribution in [0.3, 0.4) is 0 Å². The van der Waals surface area contributed by atoms with Gasteiger partial charge in [0.2, 0.25) is 5.79 Å². The van der Waals surface area contributed by atoms with Crippen molar-refractivity contribution in [2.45, 2.75) is 59.0 Å². The lowest BCUT2D eigenvalue weighted by molar-refractivity contribution is -0.192. The van der Waals surface area contributed by atoms with Crippen LogP contribution in [0.15, 0.2) is 0 Å². The first-order valence-corrected chi connectivity index (χ1v) is 5.11. The minimum absolute atomic E-state index is 0.436. The number of aliphatic hydroxyl groups excluding tert-OH is 1. The number of carbonyl (C=O) groups excluding carboxylic acids is 1. The molecule has 0 aromatic heterocycles. The Kier molecular flexibility index (Phi) is 2.65. The van der Waals surface area contributed by atoms with Crippen LogP contribution in [0.2, 0.25) is 0 Å². The van der Waals surface area contributed by atoms with E-state index < -0.39 is 28.9 Å². The summed E-state index contributed by atoms with van der Waals surface area (Å²) in [6, 6.07) is 0. The lowest BCUT2D eigenvalue weighted by atomic mass is 9.79. The van der Waals surface area contributed by atoms with Crippen molar-refractivity contribution in [3.8, 4) is 0 Å². The highest BCUT2D eigenvalue weighted by atomic mass is 16.8. The van der Waals surface area contributed by atoms with Gasteiger partial charge in [-0.25, -0.2) is 4.79 Å². The minimum atomic E-state index is -1.28. The Labute approximate surface area is 90.6 Å². The van der Waals surface area contributed by atoms with Crippen LogP contribution in [0.1, 0.15) is 41.5 Å². The Bertz CT molecular complexity index is 277. The quantitative estimate of drug-likeness (QED) is 0.674. The van der Waals surface area contributed by atoms with Crippen molar-refractivity contribution in [2.75, 3.05) is 0 Å². The fourth-order valence-electron chi connectivity index (χ4n) is 1.89. The molecule has 1 N–H and O–H groups in total. The molecule has 15 heavy (non-hydrogen) atoms. The van der Waals surface area contributed by atoms with Crippen LogP contribution in [-0.2, 0) is 14.3 Å². The van der Waals surface area contributed by atoms with Crippen LogP contribution in [0.4, 0.5) is 0 Å². The molecule has 0 aromatic carbocycles. The second-order valence-corrected chi connectivity index (χ2v) is 5.77. The van der Waals surface area contributed by atoms with Crippen LogP contribution in [-0.4, -0.2) is 28.6 Å². The Morgan fingerprint density at radius 3 is 2.00 bits per heavy atom. The minimum Gasteiger partial charge on any atom is -0.431 e. The highest BCUT2D eigenvalue weighted by Gasteiger charge is 2.57. The van der Waals surface area contributed by atoms with Crippen molar-refractivity contribution in [1.82, 2.24) is 0 Å². The van der Waals surface area contributed by atoms with Gasteiger partial charge in [-0.3, -0.25) is 0 Å². The largest absolute Gasteiger partial charge is 0.431 e. The maximum absolute atomic E-state index is 11.7. The molecule has 2 unspecified atom stereocenters. The summed E-state index contributed by atoms with van der Waals surface area (Å²) in [5, 5.41) is 10.1. The molecule has 4 nitrogen and oxygen atoms in total. The third-order valence-corrected chi connectivity index (χ3v) is 2.54. The molecule has 1 aliphatic rings. The third kappa shape index (κ3) is 2.16. The van der Waals surface area contributed by atoms with Crippen LogP contribution in [0.25, 0.3) is 0 Å². The number of ether oxygens (including phenoxy) is 2. The number of carbonyl (C=O) groups is 1. The molecular formula is C11H20O4. The standard InChI is InChI=1S/C11H20O4/c1-9(2,3)7(12)11(6)8(13)14-10(4,5)15-11/h7,12H,1-6H3. The predicted molar refractivity (Wildman–Crippen MR) is 55.1 cm³/mol. The smallest absolute Gasteiger partial charge is 0.343 e. The van der Waals surface area contributed by atoms with E-state index in [2.05, 4.69) is 0 Å². The fourth-order valence-corrected chi connectivity index (χ4v) is 1.89. The highest BCUT2D eigenvalue weighted by Crippen LogP contribution is 2.39. The molecule has 0 bridgehead atoms. The average Bonchev–Trinajstić information content (AvgIpc) is 2.18. The second-order valence-electron chi connectivity index (χ2n) is 5.77. The SMILES string of the molecule is CC1(C)OC(=O)C(C)(C(O)C(C)(C)C)O1. The number of aliphatic hydroxyl groups is 1. The monoisotopic (exact) mass is 216 g/mol. The van der Waals surface area contributed by atoms with Gasteiger partial charge in [0.25, 0.3) is 0 Å². The van der Waals surface area contributed by atoms with E-state index in [1.165, 1.54) is 0 Å². The highest BCUT2D eigenvalue weighted by molar-refractivity contribution is 5.82. The summed E-state index contributed by atoms with van der Waals surface area (Å²) >= 11 is 0. The Balaban J connectivity index is 2.99. The van der Waals surface area contributed by atoms with Crippen molar-refractivity contribution in [2.24, 2.45) is 5.41 Å². The second kappa shape index (κ2) is 3.19. The Hall–Kier alpha value is -0.610. The molecule has 4 heteroatoms. The molecule has 0 amide bonds. The van der Waals surface area contributed by atoms with Crippen LogP contribution >= 0.6 is 0 Å². The Morgan fingerprint density at radius 2 is 1.73 bits per heavy atom. The lowest BCUT2D eigenvalue weighted by Crippen LogP contribution is -2.52. The fraction of sp³-hybridized carbons (Fsp3) is 0.909. The van der Waals surface area contributed by atoms with E-state index in [-0.39, 0.29) is 0 Å². The van der Waals surface area contributed by atoms with E-state index in [4.69, 9.17) is 9.47 Å². The van der Waals surface area contributed by atoms with E-state index in [1.807, 2.05) is 20.8 Å².